The van der Waals surface area contributed by atoms with Crippen LogP contribution >= 0.6 is 0 Å². The largest absolute Gasteiger partial charge is 0.456 e. The molecule has 0 saturated carbocycles. The fourth-order valence-electron chi connectivity index (χ4n) is 7.71. The van der Waals surface area contributed by atoms with E-state index in [1.165, 1.54) is 38.5 Å². The Hall–Kier alpha value is -6.84. The van der Waals surface area contributed by atoms with E-state index in [1.54, 1.807) is 0 Å². The van der Waals surface area contributed by atoms with Crippen LogP contribution in [0.1, 0.15) is 0 Å². The SMILES string of the molecule is c1ccc(-c2cccc(N(c3ccc(-c4cccc5c6ccccc6n(-c6ccccc6)c45)cc3)c3cccc4oc5ccccc5c34)c2)cc1. The van der Waals surface area contributed by atoms with Gasteiger partial charge in [-0.25, -0.2) is 0 Å². The lowest BCUT2D eigenvalue weighted by atomic mass is 10.0. The molecule has 51 heavy (non-hydrogen) atoms. The second-order valence-electron chi connectivity index (χ2n) is 12.9. The van der Waals surface area contributed by atoms with E-state index in [-0.39, 0.29) is 0 Å². The van der Waals surface area contributed by atoms with Crippen LogP contribution in [0.3, 0.4) is 0 Å². The summed E-state index contributed by atoms with van der Waals surface area (Å²) in [4.78, 5) is 2.36. The van der Waals surface area contributed by atoms with Crippen LogP contribution in [-0.2, 0) is 0 Å². The maximum atomic E-state index is 6.37. The molecule has 2 aromatic heterocycles. The van der Waals surface area contributed by atoms with Crippen LogP contribution in [0.4, 0.5) is 17.1 Å². The van der Waals surface area contributed by atoms with Gasteiger partial charge in [0, 0.05) is 38.8 Å². The molecule has 0 radical (unpaired) electrons. The standard InChI is InChI=1S/C48H32N2O/c1-3-14-33(15-4-1)35-16-11-19-38(32-35)49(44-25-13-27-46-47(44)42-21-8-10-26-45(42)51-46)37-30-28-34(29-31-37)39-22-12-23-41-40-20-7-9-24-43(40)50(48(39)41)36-17-5-2-6-18-36/h1-32H. The van der Waals surface area contributed by atoms with Gasteiger partial charge in [-0.05, 0) is 77.4 Å². The minimum atomic E-state index is 0.870. The monoisotopic (exact) mass is 652 g/mol. The van der Waals surface area contributed by atoms with Crippen LogP contribution in [0, 0.1) is 0 Å². The Balaban J connectivity index is 1.17. The van der Waals surface area contributed by atoms with Crippen LogP contribution in [0.15, 0.2) is 199 Å². The van der Waals surface area contributed by atoms with E-state index in [4.69, 9.17) is 4.42 Å². The lowest BCUT2D eigenvalue weighted by Gasteiger charge is -2.27. The molecule has 0 unspecified atom stereocenters. The Labute approximate surface area is 295 Å². The Morgan fingerprint density at radius 3 is 1.90 bits per heavy atom. The fraction of sp³-hybridized carbons (Fsp3) is 0. The van der Waals surface area contributed by atoms with Crippen molar-refractivity contribution in [3.05, 3.63) is 194 Å². The number of hydrogen-bond donors (Lipinski definition) is 0. The number of benzene rings is 8. The molecular weight excluding hydrogens is 621 g/mol. The maximum Gasteiger partial charge on any atom is 0.137 e. The number of para-hydroxylation sites is 4. The molecule has 0 aliphatic rings. The van der Waals surface area contributed by atoms with E-state index in [0.717, 1.165) is 50.3 Å². The number of aromatic nitrogens is 1. The molecule has 0 N–H and O–H groups in total. The first-order valence-electron chi connectivity index (χ1n) is 17.4. The van der Waals surface area contributed by atoms with Gasteiger partial charge in [-0.1, -0.05) is 133 Å². The van der Waals surface area contributed by atoms with Crippen molar-refractivity contribution >= 4 is 60.8 Å². The Morgan fingerprint density at radius 2 is 1.06 bits per heavy atom. The van der Waals surface area contributed by atoms with E-state index in [9.17, 15) is 0 Å². The average Bonchev–Trinajstić information content (AvgIpc) is 3.76. The van der Waals surface area contributed by atoms with Gasteiger partial charge in [-0.2, -0.15) is 0 Å². The highest BCUT2D eigenvalue weighted by Gasteiger charge is 2.21. The number of anilines is 3. The minimum Gasteiger partial charge on any atom is -0.456 e. The van der Waals surface area contributed by atoms with Crippen molar-refractivity contribution in [2.75, 3.05) is 4.90 Å². The van der Waals surface area contributed by atoms with E-state index in [0.29, 0.717) is 0 Å². The lowest BCUT2D eigenvalue weighted by molar-refractivity contribution is 0.669. The summed E-state index contributed by atoms with van der Waals surface area (Å²) >= 11 is 0. The molecule has 3 heteroatoms. The smallest absolute Gasteiger partial charge is 0.137 e. The summed E-state index contributed by atoms with van der Waals surface area (Å²) in [6.07, 6.45) is 0. The van der Waals surface area contributed by atoms with Gasteiger partial charge in [0.1, 0.15) is 11.2 Å². The van der Waals surface area contributed by atoms with Crippen molar-refractivity contribution in [1.29, 1.82) is 0 Å². The molecular formula is C48H32N2O. The van der Waals surface area contributed by atoms with Crippen LogP contribution in [0.25, 0.3) is 71.7 Å². The number of furan rings is 1. The predicted octanol–water partition coefficient (Wildman–Crippen LogP) is 13.5. The quantitative estimate of drug-likeness (QED) is 0.178. The van der Waals surface area contributed by atoms with Crippen LogP contribution in [0.5, 0.6) is 0 Å². The van der Waals surface area contributed by atoms with Gasteiger partial charge < -0.3 is 13.9 Å². The third kappa shape index (κ3) is 4.82. The molecule has 0 bridgehead atoms. The third-order valence-corrected chi connectivity index (χ3v) is 9.98. The fourth-order valence-corrected chi connectivity index (χ4v) is 7.71. The first-order chi connectivity index (χ1) is 25.3. The molecule has 0 aliphatic heterocycles. The first kappa shape index (κ1) is 29.1. The molecule has 0 atom stereocenters. The molecule has 8 aromatic carbocycles. The third-order valence-electron chi connectivity index (χ3n) is 9.98. The van der Waals surface area contributed by atoms with E-state index in [2.05, 4.69) is 191 Å². The van der Waals surface area contributed by atoms with Crippen molar-refractivity contribution < 1.29 is 4.42 Å². The molecule has 0 fully saturated rings. The number of rotatable bonds is 6. The molecule has 10 rings (SSSR count). The molecule has 0 aliphatic carbocycles. The highest BCUT2D eigenvalue weighted by Crippen LogP contribution is 2.44. The summed E-state index contributed by atoms with van der Waals surface area (Å²) in [7, 11) is 0. The summed E-state index contributed by atoms with van der Waals surface area (Å²) < 4.78 is 8.77. The van der Waals surface area contributed by atoms with Gasteiger partial charge in [0.15, 0.2) is 0 Å². The van der Waals surface area contributed by atoms with Crippen molar-refractivity contribution in [2.24, 2.45) is 0 Å². The zero-order chi connectivity index (χ0) is 33.7. The summed E-state index contributed by atoms with van der Waals surface area (Å²) in [5, 5.41) is 4.69. The average molecular weight is 653 g/mol. The van der Waals surface area contributed by atoms with Gasteiger partial charge in [0.25, 0.3) is 0 Å². The minimum absolute atomic E-state index is 0.870. The van der Waals surface area contributed by atoms with Crippen LogP contribution in [-0.4, -0.2) is 4.57 Å². The molecule has 0 spiro atoms. The van der Waals surface area contributed by atoms with Crippen LogP contribution in [0.2, 0.25) is 0 Å². The summed E-state index contributed by atoms with van der Waals surface area (Å²) in [6, 6.07) is 69.1. The van der Waals surface area contributed by atoms with E-state index < -0.39 is 0 Å². The van der Waals surface area contributed by atoms with Gasteiger partial charge in [0.2, 0.25) is 0 Å². The summed E-state index contributed by atoms with van der Waals surface area (Å²) in [6.45, 7) is 0. The summed E-state index contributed by atoms with van der Waals surface area (Å²) in [5.41, 5.74) is 13.2. The second kappa shape index (κ2) is 11.9. The second-order valence-corrected chi connectivity index (χ2v) is 12.9. The Morgan fingerprint density at radius 1 is 0.412 bits per heavy atom. The lowest BCUT2D eigenvalue weighted by Crippen LogP contribution is -2.10. The normalized spacial score (nSPS) is 11.5. The van der Waals surface area contributed by atoms with E-state index in [1.807, 2.05) is 12.1 Å². The number of nitrogens with zero attached hydrogens (tertiary/aromatic N) is 2. The van der Waals surface area contributed by atoms with Gasteiger partial charge in [-0.3, -0.25) is 0 Å². The van der Waals surface area contributed by atoms with Crippen molar-refractivity contribution in [3.63, 3.8) is 0 Å². The molecule has 3 nitrogen and oxygen atoms in total. The van der Waals surface area contributed by atoms with Crippen molar-refractivity contribution in [3.8, 4) is 27.9 Å². The van der Waals surface area contributed by atoms with Crippen molar-refractivity contribution in [1.82, 2.24) is 4.57 Å². The van der Waals surface area contributed by atoms with Gasteiger partial charge in [-0.15, -0.1) is 0 Å². The molecule has 0 saturated heterocycles. The Bertz CT molecular complexity index is 2850. The van der Waals surface area contributed by atoms with Gasteiger partial charge in [0.05, 0.1) is 22.1 Å². The Kier molecular flexibility index (Phi) is 6.81. The molecule has 0 amide bonds. The van der Waals surface area contributed by atoms with Gasteiger partial charge >= 0.3 is 0 Å². The van der Waals surface area contributed by atoms with E-state index >= 15 is 0 Å². The molecule has 240 valence electrons. The summed E-state index contributed by atoms with van der Waals surface area (Å²) in [5.74, 6) is 0. The maximum absolute atomic E-state index is 6.37. The topological polar surface area (TPSA) is 21.3 Å². The van der Waals surface area contributed by atoms with Crippen molar-refractivity contribution in [2.45, 2.75) is 0 Å². The number of fused-ring (bicyclic) bond motifs is 6. The predicted molar refractivity (Wildman–Crippen MR) is 214 cm³/mol. The highest BCUT2D eigenvalue weighted by molar-refractivity contribution is 6.15. The zero-order valence-electron chi connectivity index (χ0n) is 27.8. The number of hydrogen-bond acceptors (Lipinski definition) is 2. The molecule has 2 heterocycles. The highest BCUT2D eigenvalue weighted by atomic mass is 16.3. The van der Waals surface area contributed by atoms with Crippen LogP contribution < -0.4 is 4.90 Å². The molecule has 10 aromatic rings. The zero-order valence-corrected chi connectivity index (χ0v) is 27.8. The first-order valence-corrected chi connectivity index (χ1v) is 17.4.